The summed E-state index contributed by atoms with van der Waals surface area (Å²) in [6.45, 7) is 0.869. The fourth-order valence-corrected chi connectivity index (χ4v) is 4.39. The van der Waals surface area contributed by atoms with Crippen molar-refractivity contribution in [2.75, 3.05) is 38.4 Å². The molecular formula is C19H36O12S. The molecule has 32 heavy (non-hydrogen) atoms. The van der Waals surface area contributed by atoms with Crippen molar-refractivity contribution in [1.82, 2.24) is 0 Å². The minimum absolute atomic E-state index is 0.0814. The van der Waals surface area contributed by atoms with Crippen molar-refractivity contribution in [1.29, 1.82) is 0 Å². The van der Waals surface area contributed by atoms with Crippen LogP contribution in [0.2, 0.25) is 0 Å². The molecule has 0 amide bonds. The predicted molar refractivity (Wildman–Crippen MR) is 111 cm³/mol. The maximum absolute atomic E-state index is 10.6. The van der Waals surface area contributed by atoms with E-state index in [2.05, 4.69) is 6.92 Å². The Morgan fingerprint density at radius 1 is 0.844 bits per heavy atom. The van der Waals surface area contributed by atoms with Gasteiger partial charge in [0.25, 0.3) is 0 Å². The zero-order valence-electron chi connectivity index (χ0n) is 18.2. The van der Waals surface area contributed by atoms with Crippen LogP contribution in [-0.2, 0) is 23.7 Å². The Morgan fingerprint density at radius 3 is 2.06 bits per heavy atom. The number of thioether (sulfide) groups is 1. The summed E-state index contributed by atoms with van der Waals surface area (Å²) in [6.07, 6.45) is -14.0. The van der Waals surface area contributed by atoms with Gasteiger partial charge in [0.2, 0.25) is 0 Å². The summed E-state index contributed by atoms with van der Waals surface area (Å²) >= 11 is 1.69. The van der Waals surface area contributed by atoms with Crippen molar-refractivity contribution >= 4 is 11.8 Å². The standard InChI is InChI=1S/C19H36O12S/c1-3-4-32-8-9(27-2)7-28-18-16(26)14(24)17(11(6-21)30-18)31-19-15(25)13(23)12(22)10(5-20)29-19/h9-26H,3-8H2,1-2H3/t9?,10?,11?,12-,13-,14+,15?,16?,17+,18+,19-/m0/s1. The molecule has 2 fully saturated rings. The Hall–Kier alpha value is -0.130. The van der Waals surface area contributed by atoms with Gasteiger partial charge in [-0.2, -0.15) is 11.8 Å². The monoisotopic (exact) mass is 488 g/mol. The minimum atomic E-state index is -1.71. The zero-order valence-corrected chi connectivity index (χ0v) is 19.0. The lowest BCUT2D eigenvalue weighted by Gasteiger charge is -2.46. The summed E-state index contributed by atoms with van der Waals surface area (Å²) in [7, 11) is 1.54. The first-order valence-electron chi connectivity index (χ1n) is 10.6. The third kappa shape index (κ3) is 6.95. The quantitative estimate of drug-likeness (QED) is 0.136. The molecule has 2 rings (SSSR count). The molecule has 0 aliphatic carbocycles. The second-order valence-corrected chi connectivity index (χ2v) is 8.92. The number of ether oxygens (including phenoxy) is 5. The molecule has 0 aromatic heterocycles. The highest BCUT2D eigenvalue weighted by Crippen LogP contribution is 2.29. The third-order valence-electron chi connectivity index (χ3n) is 5.39. The minimum Gasteiger partial charge on any atom is -0.394 e. The molecule has 2 saturated heterocycles. The Balaban J connectivity index is 1.99. The largest absolute Gasteiger partial charge is 0.394 e. The van der Waals surface area contributed by atoms with Gasteiger partial charge in [-0.15, -0.1) is 0 Å². The molecule has 12 nitrogen and oxygen atoms in total. The molecule has 0 radical (unpaired) electrons. The summed E-state index contributed by atoms with van der Waals surface area (Å²) in [5.74, 6) is 1.63. The van der Waals surface area contributed by atoms with Crippen LogP contribution < -0.4 is 0 Å². The normalized spacial score (nSPS) is 41.5. The smallest absolute Gasteiger partial charge is 0.187 e. The second kappa shape index (κ2) is 13.7. The van der Waals surface area contributed by atoms with Crippen molar-refractivity contribution in [3.05, 3.63) is 0 Å². The molecule has 0 bridgehead atoms. The van der Waals surface area contributed by atoms with Crippen LogP contribution in [0.3, 0.4) is 0 Å². The molecule has 0 aromatic rings. The lowest BCUT2D eigenvalue weighted by molar-refractivity contribution is -0.360. The van der Waals surface area contributed by atoms with Crippen LogP contribution in [0.1, 0.15) is 13.3 Å². The first-order chi connectivity index (χ1) is 15.3. The maximum Gasteiger partial charge on any atom is 0.187 e. The van der Waals surface area contributed by atoms with Gasteiger partial charge in [0.15, 0.2) is 12.6 Å². The van der Waals surface area contributed by atoms with E-state index in [1.807, 2.05) is 0 Å². The molecule has 190 valence electrons. The third-order valence-corrected chi connectivity index (χ3v) is 6.70. The Morgan fingerprint density at radius 2 is 1.47 bits per heavy atom. The van der Waals surface area contributed by atoms with E-state index in [-0.39, 0.29) is 12.7 Å². The van der Waals surface area contributed by atoms with E-state index in [4.69, 9.17) is 23.7 Å². The molecule has 11 atom stereocenters. The van der Waals surface area contributed by atoms with Crippen molar-refractivity contribution in [2.24, 2.45) is 0 Å². The highest BCUT2D eigenvalue weighted by Gasteiger charge is 2.50. The van der Waals surface area contributed by atoms with E-state index in [1.165, 1.54) is 7.11 Å². The highest BCUT2D eigenvalue weighted by molar-refractivity contribution is 7.99. The number of hydrogen-bond acceptors (Lipinski definition) is 13. The molecule has 0 saturated carbocycles. The molecule has 2 aliphatic rings. The lowest BCUT2D eigenvalue weighted by Crippen LogP contribution is -2.64. The van der Waals surface area contributed by atoms with E-state index >= 15 is 0 Å². The Bertz CT molecular complexity index is 527. The predicted octanol–water partition coefficient (Wildman–Crippen LogP) is -3.21. The van der Waals surface area contributed by atoms with Crippen LogP contribution in [-0.4, -0.2) is 142 Å². The number of aliphatic hydroxyl groups excluding tert-OH is 7. The Labute approximate surface area is 191 Å². The van der Waals surface area contributed by atoms with Crippen molar-refractivity contribution in [3.63, 3.8) is 0 Å². The van der Waals surface area contributed by atoms with Crippen LogP contribution in [0, 0.1) is 0 Å². The number of methoxy groups -OCH3 is 1. The molecule has 0 spiro atoms. The topological polar surface area (TPSA) is 188 Å². The van der Waals surface area contributed by atoms with Crippen LogP contribution >= 0.6 is 11.8 Å². The summed E-state index contributed by atoms with van der Waals surface area (Å²) in [5.41, 5.74) is 0. The fraction of sp³-hybridized carbons (Fsp3) is 1.00. The maximum atomic E-state index is 10.6. The number of hydrogen-bond donors (Lipinski definition) is 7. The highest BCUT2D eigenvalue weighted by atomic mass is 32.2. The van der Waals surface area contributed by atoms with E-state index in [9.17, 15) is 35.7 Å². The van der Waals surface area contributed by atoms with Crippen LogP contribution in [0.4, 0.5) is 0 Å². The first-order valence-corrected chi connectivity index (χ1v) is 11.7. The summed E-state index contributed by atoms with van der Waals surface area (Å²) in [6, 6.07) is 0. The molecule has 7 N–H and O–H groups in total. The van der Waals surface area contributed by atoms with Crippen LogP contribution in [0.5, 0.6) is 0 Å². The van der Waals surface area contributed by atoms with E-state index in [0.717, 1.165) is 12.2 Å². The van der Waals surface area contributed by atoms with Crippen LogP contribution in [0.25, 0.3) is 0 Å². The van der Waals surface area contributed by atoms with Crippen LogP contribution in [0.15, 0.2) is 0 Å². The van der Waals surface area contributed by atoms with Gasteiger partial charge in [-0.3, -0.25) is 0 Å². The van der Waals surface area contributed by atoms with Gasteiger partial charge in [0, 0.05) is 12.9 Å². The summed E-state index contributed by atoms with van der Waals surface area (Å²) < 4.78 is 27.3. The van der Waals surface area contributed by atoms with Gasteiger partial charge in [0.05, 0.1) is 25.9 Å². The molecule has 5 unspecified atom stereocenters. The van der Waals surface area contributed by atoms with Gasteiger partial charge in [0.1, 0.15) is 48.8 Å². The Kier molecular flexibility index (Phi) is 12.0. The first kappa shape index (κ1) is 28.1. The zero-order chi connectivity index (χ0) is 23.8. The molecule has 2 heterocycles. The lowest BCUT2D eigenvalue weighted by atomic mass is 9.97. The second-order valence-electron chi connectivity index (χ2n) is 7.77. The van der Waals surface area contributed by atoms with Gasteiger partial charge in [-0.25, -0.2) is 0 Å². The van der Waals surface area contributed by atoms with Gasteiger partial charge in [-0.1, -0.05) is 6.92 Å². The molecule has 0 aromatic carbocycles. The summed E-state index contributed by atoms with van der Waals surface area (Å²) in [5, 5.41) is 70.0. The number of aliphatic hydroxyl groups is 7. The van der Waals surface area contributed by atoms with E-state index < -0.39 is 74.6 Å². The molecule has 13 heteroatoms. The number of rotatable bonds is 12. The van der Waals surface area contributed by atoms with Gasteiger partial charge in [-0.05, 0) is 12.2 Å². The SMILES string of the molecule is CCCSCC(CO[C@@H]1OC(CO)[C@@H](O[C@@H]2OC(CO)[C@H](O)[C@H](O)C2O)[C@H](O)C1O)OC. The van der Waals surface area contributed by atoms with Gasteiger partial charge >= 0.3 is 0 Å². The van der Waals surface area contributed by atoms with Crippen molar-refractivity contribution in [2.45, 2.75) is 80.9 Å². The summed E-state index contributed by atoms with van der Waals surface area (Å²) in [4.78, 5) is 0. The average Bonchev–Trinajstić information content (AvgIpc) is 2.80. The fourth-order valence-electron chi connectivity index (χ4n) is 3.44. The molecule has 2 aliphatic heterocycles. The van der Waals surface area contributed by atoms with Crippen molar-refractivity contribution in [3.8, 4) is 0 Å². The van der Waals surface area contributed by atoms with E-state index in [1.54, 1.807) is 11.8 Å². The van der Waals surface area contributed by atoms with E-state index in [0.29, 0.717) is 5.75 Å². The van der Waals surface area contributed by atoms with Crippen molar-refractivity contribution < 1.29 is 59.4 Å². The molecular weight excluding hydrogens is 452 g/mol. The average molecular weight is 489 g/mol. The van der Waals surface area contributed by atoms with Gasteiger partial charge < -0.3 is 59.4 Å².